The summed E-state index contributed by atoms with van der Waals surface area (Å²) in [4.78, 5) is 20.9. The Kier molecular flexibility index (Phi) is 10.7. The van der Waals surface area contributed by atoms with Crippen LogP contribution in [0.1, 0.15) is 38.4 Å². The second-order valence-corrected chi connectivity index (χ2v) is 7.47. The topological polar surface area (TPSA) is 66.4 Å². The number of halogens is 1. The van der Waals surface area contributed by atoms with Crippen LogP contribution in [-0.4, -0.2) is 74.3 Å². The molecule has 2 unspecified atom stereocenters. The van der Waals surface area contributed by atoms with Gasteiger partial charge in [0, 0.05) is 51.8 Å². The normalized spacial score (nSPS) is 22.3. The molecule has 8 heteroatoms. The van der Waals surface area contributed by atoms with Gasteiger partial charge in [0.25, 0.3) is 0 Å². The van der Waals surface area contributed by atoms with E-state index in [1.807, 2.05) is 13.0 Å². The maximum absolute atomic E-state index is 11.9. The quantitative estimate of drug-likeness (QED) is 0.359. The van der Waals surface area contributed by atoms with Crippen molar-refractivity contribution in [2.75, 3.05) is 52.5 Å². The molecular formula is C22H35IN4O3. The summed E-state index contributed by atoms with van der Waals surface area (Å²) in [5.41, 5.74) is 1.24. The minimum Gasteiger partial charge on any atom is -0.450 e. The van der Waals surface area contributed by atoms with Crippen LogP contribution in [0.5, 0.6) is 0 Å². The van der Waals surface area contributed by atoms with E-state index in [1.54, 1.807) is 4.90 Å². The molecule has 0 radical (unpaired) electrons. The van der Waals surface area contributed by atoms with Gasteiger partial charge in [-0.25, -0.2) is 4.79 Å². The van der Waals surface area contributed by atoms with E-state index >= 15 is 0 Å². The van der Waals surface area contributed by atoms with Crippen molar-refractivity contribution in [1.82, 2.24) is 15.1 Å². The average Bonchev–Trinajstić information content (AvgIpc) is 2.78. The fourth-order valence-electron chi connectivity index (χ4n) is 3.99. The van der Waals surface area contributed by atoms with E-state index in [9.17, 15) is 4.79 Å². The van der Waals surface area contributed by atoms with Gasteiger partial charge in [-0.1, -0.05) is 30.3 Å². The van der Waals surface area contributed by atoms with E-state index in [0.29, 0.717) is 25.6 Å². The Hall–Kier alpha value is -1.55. The number of guanidine groups is 1. The molecule has 1 aromatic rings. The Morgan fingerprint density at radius 3 is 2.53 bits per heavy atom. The second kappa shape index (κ2) is 13.0. The molecule has 2 aliphatic heterocycles. The van der Waals surface area contributed by atoms with E-state index in [4.69, 9.17) is 14.5 Å². The molecule has 0 aromatic heterocycles. The molecule has 2 aliphatic rings. The number of carbonyl (C=O) groups excluding carboxylic acids is 1. The Balaban J connectivity index is 0.00000320. The fraction of sp³-hybridized carbons (Fsp3) is 0.636. The largest absolute Gasteiger partial charge is 0.450 e. The van der Waals surface area contributed by atoms with Crippen LogP contribution in [0, 0.1) is 5.92 Å². The van der Waals surface area contributed by atoms with E-state index in [0.717, 1.165) is 51.6 Å². The van der Waals surface area contributed by atoms with Gasteiger partial charge in [0.2, 0.25) is 0 Å². The Morgan fingerprint density at radius 1 is 1.17 bits per heavy atom. The Morgan fingerprint density at radius 2 is 1.87 bits per heavy atom. The van der Waals surface area contributed by atoms with Crippen molar-refractivity contribution in [2.24, 2.45) is 10.9 Å². The van der Waals surface area contributed by atoms with E-state index in [-0.39, 0.29) is 36.2 Å². The SMILES string of the molecule is CCNC(=NCC1CCCOC1c1ccccc1)N1CCN(C(=O)OCC)CC1.I. The third-order valence-corrected chi connectivity index (χ3v) is 5.49. The number of carbonyl (C=O) groups is 1. The summed E-state index contributed by atoms with van der Waals surface area (Å²) in [6, 6.07) is 10.5. The molecule has 0 bridgehead atoms. The van der Waals surface area contributed by atoms with Crippen LogP contribution >= 0.6 is 24.0 Å². The van der Waals surface area contributed by atoms with Crippen LogP contribution in [0.3, 0.4) is 0 Å². The molecule has 3 rings (SSSR count). The van der Waals surface area contributed by atoms with Crippen molar-refractivity contribution < 1.29 is 14.3 Å². The Bertz CT molecular complexity index is 666. The average molecular weight is 530 g/mol. The first-order chi connectivity index (χ1) is 14.2. The number of hydrogen-bond donors (Lipinski definition) is 1. The second-order valence-electron chi connectivity index (χ2n) is 7.47. The third-order valence-electron chi connectivity index (χ3n) is 5.49. The number of piperazine rings is 1. The number of aliphatic imine (C=N–C) groups is 1. The minimum atomic E-state index is -0.223. The van der Waals surface area contributed by atoms with Gasteiger partial charge in [-0.15, -0.1) is 24.0 Å². The smallest absolute Gasteiger partial charge is 0.409 e. The van der Waals surface area contributed by atoms with Gasteiger partial charge < -0.3 is 24.6 Å². The van der Waals surface area contributed by atoms with Gasteiger partial charge in [-0.3, -0.25) is 4.99 Å². The molecule has 1 aromatic carbocycles. The number of nitrogens with one attached hydrogen (secondary N) is 1. The van der Waals surface area contributed by atoms with Gasteiger partial charge in [0.1, 0.15) is 0 Å². The van der Waals surface area contributed by atoms with Gasteiger partial charge in [-0.2, -0.15) is 0 Å². The highest BCUT2D eigenvalue weighted by atomic mass is 127. The fourth-order valence-corrected chi connectivity index (χ4v) is 3.99. The van der Waals surface area contributed by atoms with Crippen molar-refractivity contribution in [2.45, 2.75) is 32.8 Å². The number of hydrogen-bond acceptors (Lipinski definition) is 4. The van der Waals surface area contributed by atoms with Crippen molar-refractivity contribution >= 4 is 36.0 Å². The summed E-state index contributed by atoms with van der Waals surface area (Å²) >= 11 is 0. The number of rotatable bonds is 5. The molecule has 2 fully saturated rings. The number of benzene rings is 1. The van der Waals surface area contributed by atoms with Crippen LogP contribution in [0.25, 0.3) is 0 Å². The highest BCUT2D eigenvalue weighted by Gasteiger charge is 2.28. The van der Waals surface area contributed by atoms with Gasteiger partial charge in [0.15, 0.2) is 5.96 Å². The lowest BCUT2D eigenvalue weighted by atomic mass is 9.89. The van der Waals surface area contributed by atoms with E-state index in [1.165, 1.54) is 5.56 Å². The summed E-state index contributed by atoms with van der Waals surface area (Å²) in [7, 11) is 0. The molecular weight excluding hydrogens is 495 g/mol. The molecule has 0 spiro atoms. The molecule has 1 amide bonds. The molecule has 30 heavy (non-hydrogen) atoms. The molecule has 2 saturated heterocycles. The molecule has 2 heterocycles. The lowest BCUT2D eigenvalue weighted by Gasteiger charge is -2.36. The summed E-state index contributed by atoms with van der Waals surface area (Å²) in [6.07, 6.45) is 2.09. The molecule has 2 atom stereocenters. The first-order valence-corrected chi connectivity index (χ1v) is 10.8. The van der Waals surface area contributed by atoms with Crippen LogP contribution < -0.4 is 5.32 Å². The molecule has 7 nitrogen and oxygen atoms in total. The maximum atomic E-state index is 11.9. The van der Waals surface area contributed by atoms with Gasteiger partial charge in [-0.05, 0) is 32.3 Å². The van der Waals surface area contributed by atoms with Gasteiger partial charge in [0.05, 0.1) is 12.7 Å². The van der Waals surface area contributed by atoms with Crippen LogP contribution in [0.15, 0.2) is 35.3 Å². The minimum absolute atomic E-state index is 0. The summed E-state index contributed by atoms with van der Waals surface area (Å²) in [5, 5.41) is 3.42. The van der Waals surface area contributed by atoms with Crippen molar-refractivity contribution in [1.29, 1.82) is 0 Å². The molecule has 168 valence electrons. The number of amides is 1. The highest BCUT2D eigenvalue weighted by molar-refractivity contribution is 14.0. The van der Waals surface area contributed by atoms with Crippen molar-refractivity contribution in [3.8, 4) is 0 Å². The van der Waals surface area contributed by atoms with E-state index < -0.39 is 0 Å². The van der Waals surface area contributed by atoms with Crippen molar-refractivity contribution in [3.05, 3.63) is 35.9 Å². The number of nitrogens with zero attached hydrogens (tertiary/aromatic N) is 3. The van der Waals surface area contributed by atoms with E-state index in [2.05, 4.69) is 41.4 Å². The zero-order chi connectivity index (χ0) is 20.5. The van der Waals surface area contributed by atoms with Crippen LogP contribution in [0.2, 0.25) is 0 Å². The third kappa shape index (κ3) is 6.73. The highest BCUT2D eigenvalue weighted by Crippen LogP contribution is 2.33. The van der Waals surface area contributed by atoms with Crippen LogP contribution in [0.4, 0.5) is 4.79 Å². The lowest BCUT2D eigenvalue weighted by Crippen LogP contribution is -2.54. The zero-order valence-electron chi connectivity index (χ0n) is 18.1. The van der Waals surface area contributed by atoms with Crippen LogP contribution in [-0.2, 0) is 9.47 Å². The predicted molar refractivity (Wildman–Crippen MR) is 129 cm³/mol. The Labute approximate surface area is 197 Å². The standard InChI is InChI=1S/C22H34N4O3.HI/c1-3-23-21(25-12-14-26(15-13-25)22(27)28-4-2)24-17-19-11-8-16-29-20(19)18-9-6-5-7-10-18;/h5-7,9-10,19-20H,3-4,8,11-17H2,1-2H3,(H,23,24);1H. The molecule has 0 aliphatic carbocycles. The summed E-state index contributed by atoms with van der Waals surface area (Å²) < 4.78 is 11.2. The number of ether oxygens (including phenoxy) is 2. The lowest BCUT2D eigenvalue weighted by molar-refractivity contribution is -0.0251. The summed E-state index contributed by atoms with van der Waals surface area (Å²) in [6.45, 7) is 9.53. The molecule has 1 N–H and O–H groups in total. The predicted octanol–water partition coefficient (Wildman–Crippen LogP) is 3.51. The van der Waals surface area contributed by atoms with Crippen molar-refractivity contribution in [3.63, 3.8) is 0 Å². The first-order valence-electron chi connectivity index (χ1n) is 10.8. The van der Waals surface area contributed by atoms with Gasteiger partial charge >= 0.3 is 6.09 Å². The molecule has 0 saturated carbocycles. The first kappa shape index (κ1) is 24.7. The zero-order valence-corrected chi connectivity index (χ0v) is 20.4. The monoisotopic (exact) mass is 530 g/mol. The summed E-state index contributed by atoms with van der Waals surface area (Å²) in [5.74, 6) is 1.30. The maximum Gasteiger partial charge on any atom is 0.409 e.